The van der Waals surface area contributed by atoms with Crippen molar-refractivity contribution >= 4 is 6.21 Å². The van der Waals surface area contributed by atoms with Crippen molar-refractivity contribution < 1.29 is 0 Å². The first-order chi connectivity index (χ1) is 8.98. The Morgan fingerprint density at radius 2 is 2.11 bits per heavy atom. The first-order valence-corrected chi connectivity index (χ1v) is 6.94. The molecule has 0 aliphatic heterocycles. The lowest BCUT2D eigenvalue weighted by Gasteiger charge is -2.24. The molecular formula is C18H23N. The Hall–Kier alpha value is -1.63. The lowest BCUT2D eigenvalue weighted by Crippen LogP contribution is -2.17. The highest BCUT2D eigenvalue weighted by Crippen LogP contribution is 2.30. The molecule has 0 bridgehead atoms. The fraction of sp³-hybridized carbons (Fsp3) is 0.389. The zero-order chi connectivity index (χ0) is 13.9. The molecule has 0 aromatic heterocycles. The van der Waals surface area contributed by atoms with Gasteiger partial charge in [-0.3, -0.25) is 4.99 Å². The van der Waals surface area contributed by atoms with Crippen LogP contribution < -0.4 is 0 Å². The van der Waals surface area contributed by atoms with Crippen LogP contribution in [0.2, 0.25) is 0 Å². The molecule has 0 heterocycles. The SMILES string of the molecule is CC1=CC=CC(C)(C=NC(C)c2cccc(C)c2)C1. The summed E-state index contributed by atoms with van der Waals surface area (Å²) in [5.41, 5.74) is 4.06. The minimum Gasteiger partial charge on any atom is -0.289 e. The molecule has 19 heavy (non-hydrogen) atoms. The maximum atomic E-state index is 4.76. The molecule has 0 N–H and O–H groups in total. The van der Waals surface area contributed by atoms with Gasteiger partial charge in [-0.25, -0.2) is 0 Å². The summed E-state index contributed by atoms with van der Waals surface area (Å²) in [5, 5.41) is 0. The van der Waals surface area contributed by atoms with Gasteiger partial charge in [0.1, 0.15) is 0 Å². The van der Waals surface area contributed by atoms with Crippen LogP contribution in [0, 0.1) is 12.3 Å². The number of allylic oxidation sites excluding steroid dienone is 4. The molecule has 0 spiro atoms. The molecule has 0 radical (unpaired) electrons. The van der Waals surface area contributed by atoms with Gasteiger partial charge in [-0.1, -0.05) is 60.6 Å². The van der Waals surface area contributed by atoms with Crippen LogP contribution in [-0.4, -0.2) is 6.21 Å². The highest BCUT2D eigenvalue weighted by Gasteiger charge is 2.21. The molecule has 100 valence electrons. The van der Waals surface area contributed by atoms with E-state index in [4.69, 9.17) is 4.99 Å². The number of hydrogen-bond donors (Lipinski definition) is 0. The molecule has 1 aromatic carbocycles. The summed E-state index contributed by atoms with van der Waals surface area (Å²) in [6.07, 6.45) is 9.74. The van der Waals surface area contributed by atoms with Gasteiger partial charge in [0.05, 0.1) is 6.04 Å². The van der Waals surface area contributed by atoms with Crippen LogP contribution in [0.1, 0.15) is 44.4 Å². The molecule has 1 aromatic rings. The Morgan fingerprint density at radius 3 is 2.79 bits per heavy atom. The lowest BCUT2D eigenvalue weighted by atomic mass is 9.81. The molecule has 0 fully saturated rings. The van der Waals surface area contributed by atoms with Crippen LogP contribution in [-0.2, 0) is 0 Å². The molecule has 1 aliphatic rings. The molecule has 1 heteroatoms. The Bertz CT molecular complexity index is 536. The first kappa shape index (κ1) is 13.8. The number of aliphatic imine (C=N–C) groups is 1. The molecule has 2 rings (SSSR count). The van der Waals surface area contributed by atoms with E-state index in [1.807, 2.05) is 0 Å². The fourth-order valence-electron chi connectivity index (χ4n) is 2.54. The Kier molecular flexibility index (Phi) is 4.04. The van der Waals surface area contributed by atoms with Crippen LogP contribution in [0.4, 0.5) is 0 Å². The highest BCUT2D eigenvalue weighted by atomic mass is 14.8. The summed E-state index contributed by atoms with van der Waals surface area (Å²) in [4.78, 5) is 4.76. The second-order valence-electron chi connectivity index (χ2n) is 5.92. The van der Waals surface area contributed by atoms with Gasteiger partial charge < -0.3 is 0 Å². The largest absolute Gasteiger partial charge is 0.289 e. The van der Waals surface area contributed by atoms with E-state index in [2.05, 4.69) is 76.4 Å². The average Bonchev–Trinajstić information content (AvgIpc) is 2.36. The minimum atomic E-state index is 0.0664. The van der Waals surface area contributed by atoms with Gasteiger partial charge in [0.15, 0.2) is 0 Å². The second kappa shape index (κ2) is 5.56. The van der Waals surface area contributed by atoms with Crippen LogP contribution in [0.5, 0.6) is 0 Å². The van der Waals surface area contributed by atoms with Gasteiger partial charge in [0.2, 0.25) is 0 Å². The van der Waals surface area contributed by atoms with E-state index < -0.39 is 0 Å². The van der Waals surface area contributed by atoms with Gasteiger partial charge in [-0.05, 0) is 32.8 Å². The summed E-state index contributed by atoms with van der Waals surface area (Å²) >= 11 is 0. The van der Waals surface area contributed by atoms with Crippen molar-refractivity contribution in [1.82, 2.24) is 0 Å². The predicted octanol–water partition coefficient (Wildman–Crippen LogP) is 5.04. The summed E-state index contributed by atoms with van der Waals surface area (Å²) < 4.78 is 0. The van der Waals surface area contributed by atoms with Crippen LogP contribution in [0.25, 0.3) is 0 Å². The van der Waals surface area contributed by atoms with Crippen molar-refractivity contribution in [2.75, 3.05) is 0 Å². The standard InChI is InChI=1S/C18H23N/c1-14-7-5-9-17(11-14)16(3)19-13-18(4)10-6-8-15(2)12-18/h5-11,13,16H,12H2,1-4H3. The summed E-state index contributed by atoms with van der Waals surface area (Å²) in [5.74, 6) is 0. The quantitative estimate of drug-likeness (QED) is 0.669. The number of aryl methyl sites for hydroxylation is 1. The van der Waals surface area contributed by atoms with Gasteiger partial charge in [-0.2, -0.15) is 0 Å². The zero-order valence-corrected chi connectivity index (χ0v) is 12.4. The number of benzene rings is 1. The number of nitrogens with zero attached hydrogens (tertiary/aromatic N) is 1. The molecule has 0 amide bonds. The Labute approximate surface area is 116 Å². The molecule has 0 saturated carbocycles. The highest BCUT2D eigenvalue weighted by molar-refractivity contribution is 5.69. The summed E-state index contributed by atoms with van der Waals surface area (Å²) in [6, 6.07) is 8.81. The summed E-state index contributed by atoms with van der Waals surface area (Å²) in [6.45, 7) is 8.70. The number of hydrogen-bond acceptors (Lipinski definition) is 1. The smallest absolute Gasteiger partial charge is 0.0717 e. The third kappa shape index (κ3) is 3.66. The van der Waals surface area contributed by atoms with E-state index >= 15 is 0 Å². The van der Waals surface area contributed by atoms with E-state index in [9.17, 15) is 0 Å². The first-order valence-electron chi connectivity index (χ1n) is 6.94. The third-order valence-electron chi connectivity index (χ3n) is 3.64. The van der Waals surface area contributed by atoms with Crippen molar-refractivity contribution in [3.05, 3.63) is 59.2 Å². The third-order valence-corrected chi connectivity index (χ3v) is 3.64. The van der Waals surface area contributed by atoms with Gasteiger partial charge in [0, 0.05) is 11.6 Å². The van der Waals surface area contributed by atoms with E-state index in [1.165, 1.54) is 16.7 Å². The van der Waals surface area contributed by atoms with Crippen LogP contribution in [0.15, 0.2) is 53.1 Å². The maximum absolute atomic E-state index is 4.76. The van der Waals surface area contributed by atoms with Crippen molar-refractivity contribution in [3.63, 3.8) is 0 Å². The number of rotatable bonds is 3. The van der Waals surface area contributed by atoms with Crippen molar-refractivity contribution in [2.24, 2.45) is 10.4 Å². The molecule has 2 unspecified atom stereocenters. The Morgan fingerprint density at radius 1 is 1.32 bits per heavy atom. The maximum Gasteiger partial charge on any atom is 0.0717 e. The molecule has 1 nitrogen and oxygen atoms in total. The van der Waals surface area contributed by atoms with Crippen LogP contribution in [0.3, 0.4) is 0 Å². The van der Waals surface area contributed by atoms with Gasteiger partial charge >= 0.3 is 0 Å². The fourth-order valence-corrected chi connectivity index (χ4v) is 2.54. The van der Waals surface area contributed by atoms with Crippen molar-refractivity contribution in [2.45, 2.75) is 40.2 Å². The van der Waals surface area contributed by atoms with Crippen molar-refractivity contribution in [3.8, 4) is 0 Å². The van der Waals surface area contributed by atoms with E-state index in [0.29, 0.717) is 0 Å². The van der Waals surface area contributed by atoms with E-state index in [1.54, 1.807) is 0 Å². The molecular weight excluding hydrogens is 230 g/mol. The average molecular weight is 253 g/mol. The van der Waals surface area contributed by atoms with Gasteiger partial charge in [0.25, 0.3) is 0 Å². The van der Waals surface area contributed by atoms with Crippen LogP contribution >= 0.6 is 0 Å². The minimum absolute atomic E-state index is 0.0664. The normalized spacial score (nSPS) is 24.5. The predicted molar refractivity (Wildman–Crippen MR) is 83.7 cm³/mol. The topological polar surface area (TPSA) is 12.4 Å². The van der Waals surface area contributed by atoms with E-state index in [-0.39, 0.29) is 11.5 Å². The van der Waals surface area contributed by atoms with Gasteiger partial charge in [-0.15, -0.1) is 0 Å². The Balaban J connectivity index is 2.10. The lowest BCUT2D eigenvalue weighted by molar-refractivity contribution is 0.588. The molecule has 0 saturated heterocycles. The molecule has 1 aliphatic carbocycles. The monoisotopic (exact) mass is 253 g/mol. The summed E-state index contributed by atoms with van der Waals surface area (Å²) in [7, 11) is 0. The second-order valence-corrected chi connectivity index (χ2v) is 5.92. The molecule has 2 atom stereocenters. The zero-order valence-electron chi connectivity index (χ0n) is 12.4. The van der Waals surface area contributed by atoms with Crippen molar-refractivity contribution in [1.29, 1.82) is 0 Å². The van der Waals surface area contributed by atoms with E-state index in [0.717, 1.165) is 6.42 Å².